The molecule has 188 valence electrons. The van der Waals surface area contributed by atoms with E-state index in [4.69, 9.17) is 19.6 Å². The summed E-state index contributed by atoms with van der Waals surface area (Å²) in [7, 11) is -1.98. The summed E-state index contributed by atoms with van der Waals surface area (Å²) >= 11 is 0.773. The van der Waals surface area contributed by atoms with E-state index in [2.05, 4.69) is 10.1 Å². The van der Waals surface area contributed by atoms with Gasteiger partial charge in [-0.3, -0.25) is 10.2 Å². The quantitative estimate of drug-likeness (QED) is 0.386. The van der Waals surface area contributed by atoms with Crippen LogP contribution < -0.4 is 14.2 Å². The lowest BCUT2D eigenvalue weighted by atomic mass is 10.1. The van der Waals surface area contributed by atoms with Crippen molar-refractivity contribution in [1.29, 1.82) is 5.41 Å². The Bertz CT molecular complexity index is 1370. The molecule has 0 fully saturated rings. The van der Waals surface area contributed by atoms with Crippen LogP contribution in [0.1, 0.15) is 18.9 Å². The van der Waals surface area contributed by atoms with Crippen LogP contribution in [0.3, 0.4) is 0 Å². The standard InChI is InChI=1S/C24H24N4O6S2/c1-3-36(30,31)24-27-28-21(25)18(22(29)26-23(28)35-24)15-16-9-11-17(12-10-16)33-13-6-14-34-20-8-5-4-7-19(20)32-2/h4-5,7-12,15,25H,3,6,13-14H2,1-2H3/b18-15+,25-21?. The van der Waals surface area contributed by atoms with Gasteiger partial charge in [0.25, 0.3) is 5.91 Å². The Hall–Kier alpha value is -3.64. The summed E-state index contributed by atoms with van der Waals surface area (Å²) < 4.78 is 40.8. The van der Waals surface area contributed by atoms with Crippen molar-refractivity contribution in [2.75, 3.05) is 26.1 Å². The van der Waals surface area contributed by atoms with E-state index in [-0.39, 0.29) is 26.7 Å². The van der Waals surface area contributed by atoms with Crippen LogP contribution in [-0.4, -0.2) is 60.8 Å². The summed E-state index contributed by atoms with van der Waals surface area (Å²) in [6.07, 6.45) is 2.18. The maximum Gasteiger partial charge on any atom is 0.283 e. The van der Waals surface area contributed by atoms with E-state index in [1.165, 1.54) is 13.0 Å². The highest BCUT2D eigenvalue weighted by atomic mass is 32.3. The molecule has 2 aromatic carbocycles. The van der Waals surface area contributed by atoms with Crippen molar-refractivity contribution in [3.8, 4) is 17.2 Å². The van der Waals surface area contributed by atoms with Crippen LogP contribution in [0, 0.1) is 5.41 Å². The molecule has 0 unspecified atom stereocenters. The molecule has 10 nitrogen and oxygen atoms in total. The second-order valence-electron chi connectivity index (χ2n) is 7.56. The number of carbonyl (C=O) groups is 1. The monoisotopic (exact) mass is 528 g/mol. The van der Waals surface area contributed by atoms with Crippen LogP contribution in [0.5, 0.6) is 17.2 Å². The molecule has 0 spiro atoms. The van der Waals surface area contributed by atoms with Crippen molar-refractivity contribution in [3.05, 3.63) is 59.7 Å². The molecule has 2 aliphatic heterocycles. The number of amidine groups is 2. The molecule has 0 atom stereocenters. The van der Waals surface area contributed by atoms with Crippen molar-refractivity contribution in [2.24, 2.45) is 10.1 Å². The van der Waals surface area contributed by atoms with E-state index in [0.717, 1.165) is 16.8 Å². The number of carbonyl (C=O) groups excluding carboxylic acids is 1. The normalized spacial score (nSPS) is 16.5. The van der Waals surface area contributed by atoms with Gasteiger partial charge in [0.2, 0.25) is 19.4 Å². The second kappa shape index (κ2) is 11.0. The van der Waals surface area contributed by atoms with E-state index < -0.39 is 15.7 Å². The van der Waals surface area contributed by atoms with Crippen LogP contribution in [0.4, 0.5) is 0 Å². The van der Waals surface area contributed by atoms with Gasteiger partial charge in [0.15, 0.2) is 17.3 Å². The number of para-hydroxylation sites is 2. The number of hydrogen-bond donors (Lipinski definition) is 1. The van der Waals surface area contributed by atoms with E-state index in [1.807, 2.05) is 24.3 Å². The lowest BCUT2D eigenvalue weighted by Crippen LogP contribution is -2.35. The van der Waals surface area contributed by atoms with Gasteiger partial charge in [-0.25, -0.2) is 8.42 Å². The maximum absolute atomic E-state index is 12.5. The molecule has 0 saturated heterocycles. The van der Waals surface area contributed by atoms with Gasteiger partial charge in [0.05, 0.1) is 31.6 Å². The number of ether oxygens (including phenoxy) is 3. The summed E-state index contributed by atoms with van der Waals surface area (Å²) in [6.45, 7) is 2.42. The molecule has 0 aromatic heterocycles. The fourth-order valence-corrected chi connectivity index (χ4v) is 5.38. The average Bonchev–Trinajstić information content (AvgIpc) is 3.32. The fourth-order valence-electron chi connectivity index (χ4n) is 3.22. The molecule has 2 heterocycles. The minimum absolute atomic E-state index is 0.0143. The number of fused-ring (bicyclic) bond motifs is 1. The third-order valence-electron chi connectivity index (χ3n) is 5.16. The number of nitrogens with zero attached hydrogens (tertiary/aromatic N) is 3. The minimum Gasteiger partial charge on any atom is -0.493 e. The summed E-state index contributed by atoms with van der Waals surface area (Å²) in [5.74, 6) is 1.02. The summed E-state index contributed by atoms with van der Waals surface area (Å²) in [5, 5.41) is 13.5. The predicted molar refractivity (Wildman–Crippen MR) is 140 cm³/mol. The van der Waals surface area contributed by atoms with Crippen molar-refractivity contribution in [3.63, 3.8) is 0 Å². The molecular formula is C24H24N4O6S2. The molecule has 0 aliphatic carbocycles. The number of amides is 1. The van der Waals surface area contributed by atoms with Crippen molar-refractivity contribution in [1.82, 2.24) is 5.01 Å². The summed E-state index contributed by atoms with van der Waals surface area (Å²) in [4.78, 5) is 16.4. The minimum atomic E-state index is -3.57. The molecular weight excluding hydrogens is 504 g/mol. The van der Waals surface area contributed by atoms with Gasteiger partial charge < -0.3 is 14.2 Å². The van der Waals surface area contributed by atoms with Gasteiger partial charge in [-0.2, -0.15) is 10.0 Å². The van der Waals surface area contributed by atoms with E-state index >= 15 is 0 Å². The zero-order valence-corrected chi connectivity index (χ0v) is 21.3. The molecule has 1 N–H and O–H groups in total. The van der Waals surface area contributed by atoms with Crippen LogP contribution in [0.2, 0.25) is 0 Å². The van der Waals surface area contributed by atoms with Crippen LogP contribution in [-0.2, 0) is 14.6 Å². The van der Waals surface area contributed by atoms with E-state index in [1.54, 1.807) is 31.4 Å². The summed E-state index contributed by atoms with van der Waals surface area (Å²) in [6, 6.07) is 14.5. The van der Waals surface area contributed by atoms with Crippen molar-refractivity contribution in [2.45, 2.75) is 13.3 Å². The highest BCUT2D eigenvalue weighted by molar-refractivity contribution is 8.42. The molecule has 0 bridgehead atoms. The smallest absolute Gasteiger partial charge is 0.283 e. The number of nitrogens with one attached hydrogen (secondary N) is 1. The molecule has 4 rings (SSSR count). The zero-order chi connectivity index (χ0) is 25.7. The number of benzene rings is 2. The Morgan fingerprint density at radius 3 is 2.44 bits per heavy atom. The van der Waals surface area contributed by atoms with Crippen LogP contribution in [0.15, 0.2) is 64.2 Å². The van der Waals surface area contributed by atoms with Crippen molar-refractivity contribution < 1.29 is 27.4 Å². The van der Waals surface area contributed by atoms with Gasteiger partial charge in [0, 0.05) is 6.42 Å². The number of aliphatic imine (C=N–C) groups is 1. The zero-order valence-electron chi connectivity index (χ0n) is 19.6. The average molecular weight is 529 g/mol. The molecule has 12 heteroatoms. The molecule has 2 aromatic rings. The van der Waals surface area contributed by atoms with E-state index in [0.29, 0.717) is 42.4 Å². The first-order valence-electron chi connectivity index (χ1n) is 11.0. The van der Waals surface area contributed by atoms with E-state index in [9.17, 15) is 13.2 Å². The van der Waals surface area contributed by atoms with Crippen LogP contribution >= 0.6 is 11.8 Å². The van der Waals surface area contributed by atoms with Gasteiger partial charge in [0.1, 0.15) is 5.75 Å². The number of hydrazone groups is 1. The maximum atomic E-state index is 12.5. The lowest BCUT2D eigenvalue weighted by Gasteiger charge is -2.20. The second-order valence-corrected chi connectivity index (χ2v) is 11.0. The third kappa shape index (κ3) is 5.60. The lowest BCUT2D eigenvalue weighted by molar-refractivity contribution is -0.114. The van der Waals surface area contributed by atoms with Gasteiger partial charge in [-0.05, 0) is 47.7 Å². The fraction of sp³-hybridized carbons (Fsp3) is 0.250. The topological polar surface area (TPSA) is 131 Å². The molecule has 2 aliphatic rings. The number of hydrogen-bond acceptors (Lipinski definition) is 9. The predicted octanol–water partition coefficient (Wildman–Crippen LogP) is 3.55. The molecule has 0 radical (unpaired) electrons. The van der Waals surface area contributed by atoms with Gasteiger partial charge in [-0.15, -0.1) is 5.10 Å². The molecule has 0 saturated carbocycles. The van der Waals surface area contributed by atoms with Gasteiger partial charge in [-0.1, -0.05) is 31.2 Å². The number of sulfone groups is 1. The number of methoxy groups -OCH3 is 1. The Morgan fingerprint density at radius 1 is 1.06 bits per heavy atom. The largest absolute Gasteiger partial charge is 0.493 e. The Balaban J connectivity index is 1.34. The SMILES string of the molecule is CCS(=O)(=O)C1=NN2C(=N)/C(=C\c3ccc(OCCCOc4ccccc4OC)cc3)C(=O)N=C2S1. The number of rotatable bonds is 9. The first-order valence-corrected chi connectivity index (χ1v) is 13.5. The Labute approximate surface area is 213 Å². The number of thioether (sulfide) groups is 1. The first-order chi connectivity index (χ1) is 17.3. The van der Waals surface area contributed by atoms with Gasteiger partial charge >= 0.3 is 0 Å². The third-order valence-corrected chi connectivity index (χ3v) is 8.25. The Morgan fingerprint density at radius 2 is 1.75 bits per heavy atom. The highest BCUT2D eigenvalue weighted by Gasteiger charge is 2.39. The Kier molecular flexibility index (Phi) is 7.75. The summed E-state index contributed by atoms with van der Waals surface area (Å²) in [5.41, 5.74) is 0.672. The van der Waals surface area contributed by atoms with Crippen LogP contribution in [0.25, 0.3) is 6.08 Å². The van der Waals surface area contributed by atoms with Crippen molar-refractivity contribution >= 4 is 49.0 Å². The highest BCUT2D eigenvalue weighted by Crippen LogP contribution is 2.30. The molecule has 1 amide bonds. The molecule has 36 heavy (non-hydrogen) atoms. The first kappa shape index (κ1) is 25.5.